The molecule has 0 spiro atoms. The van der Waals surface area contributed by atoms with Gasteiger partial charge in [-0.3, -0.25) is 4.79 Å². The summed E-state index contributed by atoms with van der Waals surface area (Å²) in [4.78, 5) is 13.4. The number of amides is 1. The number of ether oxygens (including phenoxy) is 2. The maximum Gasteiger partial charge on any atom is 0.387 e. The summed E-state index contributed by atoms with van der Waals surface area (Å²) in [6.07, 6.45) is 0. The molecule has 8 heteroatoms. The zero-order chi connectivity index (χ0) is 20.0. The molecule has 5 nitrogen and oxygen atoms in total. The summed E-state index contributed by atoms with van der Waals surface area (Å²) in [6.45, 7) is -0.621. The zero-order valence-electron chi connectivity index (χ0n) is 15.3. The quantitative estimate of drug-likeness (QED) is 0.717. The second kappa shape index (κ2) is 9.53. The van der Waals surface area contributed by atoms with Crippen molar-refractivity contribution in [3.05, 3.63) is 53.1 Å². The van der Waals surface area contributed by atoms with Gasteiger partial charge in [-0.25, -0.2) is 0 Å². The second-order valence-corrected chi connectivity index (χ2v) is 6.54. The van der Waals surface area contributed by atoms with Gasteiger partial charge in [0.15, 0.2) is 17.5 Å². The number of likely N-dealkylation sites (N-methyl/N-ethyl adjacent to an activating group) is 1. The summed E-state index contributed by atoms with van der Waals surface area (Å²) >= 11 is 5.92. The number of carbonyl (C=O) groups excluding carboxylic acids is 1. The zero-order valence-corrected chi connectivity index (χ0v) is 16.0. The summed E-state index contributed by atoms with van der Waals surface area (Å²) in [6, 6.07) is 11.3. The summed E-state index contributed by atoms with van der Waals surface area (Å²) < 4.78 is 34.3. The molecular weight excluding hydrogens is 378 g/mol. The molecule has 2 N–H and O–H groups in total. The maximum absolute atomic E-state index is 12.5. The average molecular weight is 400 g/mol. The molecule has 0 aliphatic heterocycles. The Morgan fingerprint density at radius 1 is 1.22 bits per heavy atom. The molecule has 2 atom stereocenters. The van der Waals surface area contributed by atoms with Crippen LogP contribution >= 0.6 is 11.6 Å². The summed E-state index contributed by atoms with van der Waals surface area (Å²) in [5, 5.41) is 3.37. The van der Waals surface area contributed by atoms with Crippen LogP contribution in [-0.2, 0) is 11.3 Å². The Labute approximate surface area is 161 Å². The molecule has 0 aliphatic carbocycles. The highest BCUT2D eigenvalue weighted by atomic mass is 35.5. The minimum Gasteiger partial charge on any atom is -0.493 e. The molecule has 0 fully saturated rings. The van der Waals surface area contributed by atoms with Gasteiger partial charge in [-0.05, 0) is 43.3 Å². The van der Waals surface area contributed by atoms with E-state index in [4.69, 9.17) is 16.3 Å². The number of hydrogen-bond donors (Lipinski definition) is 2. The highest BCUT2D eigenvalue weighted by molar-refractivity contribution is 6.30. The summed E-state index contributed by atoms with van der Waals surface area (Å²) in [7, 11) is 3.26. The van der Waals surface area contributed by atoms with Gasteiger partial charge in [-0.15, -0.1) is 0 Å². The summed E-state index contributed by atoms with van der Waals surface area (Å²) in [5.74, 6) is 0.0386. The van der Waals surface area contributed by atoms with Gasteiger partial charge in [0.2, 0.25) is 0 Å². The van der Waals surface area contributed by atoms with Crippen LogP contribution in [0.1, 0.15) is 12.5 Å². The molecular formula is C19H22ClF2N2O3+. The topological polar surface area (TPSA) is 52.0 Å². The Balaban J connectivity index is 2.02. The third kappa shape index (κ3) is 6.08. The van der Waals surface area contributed by atoms with Crippen molar-refractivity contribution < 1.29 is 27.9 Å². The predicted molar refractivity (Wildman–Crippen MR) is 99.8 cm³/mol. The van der Waals surface area contributed by atoms with Crippen molar-refractivity contribution in [1.29, 1.82) is 0 Å². The monoisotopic (exact) mass is 399 g/mol. The van der Waals surface area contributed by atoms with E-state index < -0.39 is 6.61 Å². The Bertz CT molecular complexity index is 789. The van der Waals surface area contributed by atoms with Crippen molar-refractivity contribution in [3.8, 4) is 11.5 Å². The Morgan fingerprint density at radius 3 is 2.59 bits per heavy atom. The lowest BCUT2D eigenvalue weighted by Crippen LogP contribution is -3.12. The van der Waals surface area contributed by atoms with E-state index in [1.165, 1.54) is 13.2 Å². The van der Waals surface area contributed by atoms with E-state index in [0.717, 1.165) is 10.5 Å². The van der Waals surface area contributed by atoms with Crippen LogP contribution in [0, 0.1) is 0 Å². The molecule has 27 heavy (non-hydrogen) atoms. The fraction of sp³-hybridized carbons (Fsp3) is 0.316. The predicted octanol–water partition coefficient (Wildman–Crippen LogP) is 2.99. The number of nitrogens with one attached hydrogen (secondary N) is 2. The van der Waals surface area contributed by atoms with E-state index in [1.54, 1.807) is 43.3 Å². The largest absolute Gasteiger partial charge is 0.493 e. The minimum absolute atomic E-state index is 0.0272. The number of hydrogen-bond acceptors (Lipinski definition) is 3. The van der Waals surface area contributed by atoms with Crippen molar-refractivity contribution in [3.63, 3.8) is 0 Å². The van der Waals surface area contributed by atoms with Crippen LogP contribution in [0.3, 0.4) is 0 Å². The highest BCUT2D eigenvalue weighted by Crippen LogP contribution is 2.29. The number of carbonyl (C=O) groups is 1. The van der Waals surface area contributed by atoms with E-state index in [2.05, 4.69) is 10.1 Å². The number of alkyl halides is 2. The number of methoxy groups -OCH3 is 1. The lowest BCUT2D eigenvalue weighted by Gasteiger charge is -2.21. The van der Waals surface area contributed by atoms with Crippen molar-refractivity contribution in [1.82, 2.24) is 0 Å². The Morgan fingerprint density at radius 2 is 1.96 bits per heavy atom. The van der Waals surface area contributed by atoms with Gasteiger partial charge in [0.1, 0.15) is 6.54 Å². The maximum atomic E-state index is 12.5. The number of rotatable bonds is 8. The van der Waals surface area contributed by atoms with E-state index in [-0.39, 0.29) is 23.4 Å². The number of benzene rings is 2. The van der Waals surface area contributed by atoms with Gasteiger partial charge in [-0.1, -0.05) is 17.7 Å². The first-order valence-electron chi connectivity index (χ1n) is 8.30. The smallest absolute Gasteiger partial charge is 0.387 e. The molecule has 1 unspecified atom stereocenters. The van der Waals surface area contributed by atoms with E-state index >= 15 is 0 Å². The van der Waals surface area contributed by atoms with Crippen LogP contribution in [0.5, 0.6) is 11.5 Å². The van der Waals surface area contributed by atoms with Crippen molar-refractivity contribution in [2.45, 2.75) is 26.1 Å². The fourth-order valence-electron chi connectivity index (χ4n) is 2.53. The normalized spacial score (nSPS) is 13.1. The van der Waals surface area contributed by atoms with Gasteiger partial charge in [0, 0.05) is 16.3 Å². The van der Waals surface area contributed by atoms with E-state index in [9.17, 15) is 13.6 Å². The van der Waals surface area contributed by atoms with Gasteiger partial charge in [-0.2, -0.15) is 8.78 Å². The number of quaternary nitrogens is 1. The first kappa shape index (κ1) is 20.9. The number of anilines is 1. The molecule has 2 aromatic carbocycles. The fourth-order valence-corrected chi connectivity index (χ4v) is 2.72. The number of halogens is 3. The van der Waals surface area contributed by atoms with Crippen LogP contribution < -0.4 is 19.7 Å². The third-order valence-corrected chi connectivity index (χ3v) is 4.39. The van der Waals surface area contributed by atoms with Crippen LogP contribution in [0.25, 0.3) is 0 Å². The molecule has 146 valence electrons. The molecule has 2 rings (SSSR count). The molecule has 0 heterocycles. The van der Waals surface area contributed by atoms with Gasteiger partial charge in [0.05, 0.1) is 14.2 Å². The van der Waals surface area contributed by atoms with Crippen molar-refractivity contribution >= 4 is 23.2 Å². The summed E-state index contributed by atoms with van der Waals surface area (Å²) in [5.41, 5.74) is 1.45. The molecule has 0 saturated carbocycles. The molecule has 0 saturated heterocycles. The van der Waals surface area contributed by atoms with Crippen LogP contribution in [0.15, 0.2) is 42.5 Å². The lowest BCUT2D eigenvalue weighted by atomic mass is 10.1. The van der Waals surface area contributed by atoms with Crippen molar-refractivity contribution in [2.24, 2.45) is 0 Å². The molecule has 0 radical (unpaired) electrons. The standard InChI is InChI=1S/C19H21ClF2N2O3/c1-12(18(25)23-15-6-4-5-14(20)10-15)24(2)11-13-7-8-16(27-19(21)22)17(9-13)26-3/h4-10,12,19H,11H2,1-3H3,(H,23,25)/p+1/t12-/m0/s1. The first-order chi connectivity index (χ1) is 12.8. The van der Waals surface area contributed by atoms with E-state index in [0.29, 0.717) is 17.3 Å². The highest BCUT2D eigenvalue weighted by Gasteiger charge is 2.23. The van der Waals surface area contributed by atoms with Gasteiger partial charge >= 0.3 is 6.61 Å². The molecule has 0 bridgehead atoms. The van der Waals surface area contributed by atoms with Crippen LogP contribution in [0.4, 0.5) is 14.5 Å². The lowest BCUT2D eigenvalue weighted by molar-refractivity contribution is -0.907. The third-order valence-electron chi connectivity index (χ3n) is 4.15. The SMILES string of the molecule is COc1cc(C[NH+](C)[C@@H](C)C(=O)Nc2cccc(Cl)c2)ccc1OC(F)F. The van der Waals surface area contributed by atoms with Crippen LogP contribution in [-0.4, -0.2) is 32.7 Å². The molecule has 0 aliphatic rings. The molecule has 1 amide bonds. The first-order valence-corrected chi connectivity index (χ1v) is 8.68. The molecule has 2 aromatic rings. The van der Waals surface area contributed by atoms with Crippen molar-refractivity contribution in [2.75, 3.05) is 19.5 Å². The second-order valence-electron chi connectivity index (χ2n) is 6.11. The molecule has 0 aromatic heterocycles. The van der Waals surface area contributed by atoms with Crippen LogP contribution in [0.2, 0.25) is 5.02 Å². The van der Waals surface area contributed by atoms with Gasteiger partial charge < -0.3 is 19.7 Å². The minimum atomic E-state index is -2.92. The van der Waals surface area contributed by atoms with Gasteiger partial charge in [0.25, 0.3) is 5.91 Å². The Hall–Kier alpha value is -2.38. The average Bonchev–Trinajstić information content (AvgIpc) is 2.61. The Kier molecular flexibility index (Phi) is 7.38. The van der Waals surface area contributed by atoms with E-state index in [1.807, 2.05) is 7.05 Å².